The van der Waals surface area contributed by atoms with Gasteiger partial charge in [0.1, 0.15) is 5.69 Å². The van der Waals surface area contributed by atoms with Gasteiger partial charge in [0.2, 0.25) is 0 Å². The number of nitrogens with one attached hydrogen (secondary N) is 2. The van der Waals surface area contributed by atoms with Gasteiger partial charge in [0.05, 0.1) is 17.9 Å². The van der Waals surface area contributed by atoms with Gasteiger partial charge in [0.25, 0.3) is 0 Å². The molecule has 0 spiro atoms. The van der Waals surface area contributed by atoms with Crippen molar-refractivity contribution in [1.29, 1.82) is 0 Å². The van der Waals surface area contributed by atoms with Crippen LogP contribution >= 0.6 is 0 Å². The van der Waals surface area contributed by atoms with Crippen LogP contribution in [0.3, 0.4) is 0 Å². The number of H-pyrrole nitrogens is 2. The molecule has 1 fully saturated rings. The Morgan fingerprint density at radius 1 is 1.23 bits per heavy atom. The van der Waals surface area contributed by atoms with Crippen molar-refractivity contribution in [3.05, 3.63) is 54.2 Å². The summed E-state index contributed by atoms with van der Waals surface area (Å²) in [5, 5.41) is 19.2. The smallest absolute Gasteiger partial charge is 0.188 e. The lowest BCUT2D eigenvalue weighted by Gasteiger charge is -1.99. The highest BCUT2D eigenvalue weighted by Crippen LogP contribution is 2.30. The molecule has 1 aliphatic carbocycles. The molecule has 0 bridgehead atoms. The van der Waals surface area contributed by atoms with E-state index >= 15 is 0 Å². The number of nitrogens with zero attached hydrogens (tertiary/aromatic N) is 4. The molecule has 1 aromatic carbocycles. The topological polar surface area (TPSA) is 92.2 Å². The van der Waals surface area contributed by atoms with Crippen molar-refractivity contribution >= 4 is 16.7 Å². The highest BCUT2D eigenvalue weighted by atomic mass is 16.1. The van der Waals surface area contributed by atoms with Crippen molar-refractivity contribution in [2.45, 2.75) is 25.8 Å². The molecule has 3 aromatic heterocycles. The quantitative estimate of drug-likeness (QED) is 0.525. The molecule has 1 saturated carbocycles. The zero-order valence-corrected chi connectivity index (χ0v) is 14.1. The fourth-order valence-electron chi connectivity index (χ4n) is 3.25. The molecular formula is C19H18N6O. The zero-order valence-electron chi connectivity index (χ0n) is 14.1. The Bertz CT molecular complexity index is 1070. The van der Waals surface area contributed by atoms with E-state index in [-0.39, 0.29) is 5.78 Å². The second kappa shape index (κ2) is 5.94. The Kier molecular flexibility index (Phi) is 3.44. The molecule has 4 aromatic rings. The molecule has 0 aliphatic heterocycles. The Hall–Kier alpha value is -3.22. The minimum Gasteiger partial charge on any atom is -0.292 e. The van der Waals surface area contributed by atoms with Crippen molar-refractivity contribution in [2.24, 2.45) is 5.92 Å². The summed E-state index contributed by atoms with van der Waals surface area (Å²) in [5.41, 5.74) is 4.28. The molecule has 130 valence electrons. The van der Waals surface area contributed by atoms with Gasteiger partial charge >= 0.3 is 0 Å². The molecule has 5 rings (SSSR count). The first-order chi connectivity index (χ1) is 12.8. The molecule has 0 radical (unpaired) electrons. The third-order valence-electron chi connectivity index (χ3n) is 4.85. The number of aromatic nitrogens is 6. The van der Waals surface area contributed by atoms with Crippen LogP contribution < -0.4 is 0 Å². The van der Waals surface area contributed by atoms with Crippen LogP contribution in [0.5, 0.6) is 0 Å². The molecule has 7 nitrogen and oxygen atoms in total. The third kappa shape index (κ3) is 2.81. The molecule has 2 N–H and O–H groups in total. The largest absolute Gasteiger partial charge is 0.292 e. The maximum Gasteiger partial charge on any atom is 0.188 e. The van der Waals surface area contributed by atoms with Crippen molar-refractivity contribution in [2.75, 3.05) is 0 Å². The van der Waals surface area contributed by atoms with Gasteiger partial charge < -0.3 is 0 Å². The molecule has 0 unspecified atom stereocenters. The lowest BCUT2D eigenvalue weighted by atomic mass is 10.0. The summed E-state index contributed by atoms with van der Waals surface area (Å²) < 4.78 is 1.94. The van der Waals surface area contributed by atoms with E-state index in [9.17, 15) is 4.79 Å². The number of ketones is 1. The van der Waals surface area contributed by atoms with E-state index in [4.69, 9.17) is 0 Å². The summed E-state index contributed by atoms with van der Waals surface area (Å²) in [6.45, 7) is 0.955. The Labute approximate surface area is 149 Å². The molecule has 3 heterocycles. The normalized spacial score (nSPS) is 14.2. The van der Waals surface area contributed by atoms with Crippen LogP contribution in [0.15, 0.2) is 43.0 Å². The van der Waals surface area contributed by atoms with E-state index in [0.29, 0.717) is 12.1 Å². The van der Waals surface area contributed by atoms with Crippen LogP contribution in [-0.4, -0.2) is 36.0 Å². The summed E-state index contributed by atoms with van der Waals surface area (Å²) >= 11 is 0. The van der Waals surface area contributed by atoms with Gasteiger partial charge in [-0.05, 0) is 42.0 Å². The second-order valence-electron chi connectivity index (χ2n) is 6.93. The second-order valence-corrected chi connectivity index (χ2v) is 6.93. The van der Waals surface area contributed by atoms with Crippen LogP contribution in [0.25, 0.3) is 22.0 Å². The number of benzene rings is 1. The predicted octanol–water partition coefficient (Wildman–Crippen LogP) is 2.98. The number of hydrogen-bond acceptors (Lipinski definition) is 4. The lowest BCUT2D eigenvalue weighted by Crippen LogP contribution is -2.04. The molecule has 0 saturated heterocycles. The van der Waals surface area contributed by atoms with E-state index in [2.05, 4.69) is 25.5 Å². The van der Waals surface area contributed by atoms with Crippen molar-refractivity contribution in [3.63, 3.8) is 0 Å². The van der Waals surface area contributed by atoms with E-state index < -0.39 is 0 Å². The summed E-state index contributed by atoms with van der Waals surface area (Å²) in [5.74, 6) is 0.761. The summed E-state index contributed by atoms with van der Waals surface area (Å²) in [6.07, 6.45) is 10.2. The van der Waals surface area contributed by atoms with Gasteiger partial charge in [-0.2, -0.15) is 15.3 Å². The average molecular weight is 346 g/mol. The molecule has 1 aliphatic rings. The Morgan fingerprint density at radius 2 is 2.15 bits per heavy atom. The number of Topliss-reactive ketones (excluding diaryl/α,β-unsaturated/α-hetero) is 1. The first-order valence-electron chi connectivity index (χ1n) is 8.78. The number of hydrogen-bond donors (Lipinski definition) is 2. The fraction of sp³-hybridized carbons (Fsp3) is 0.263. The van der Waals surface area contributed by atoms with Crippen LogP contribution in [0.4, 0.5) is 0 Å². The van der Waals surface area contributed by atoms with Gasteiger partial charge in [-0.25, -0.2) is 0 Å². The summed E-state index contributed by atoms with van der Waals surface area (Å²) in [4.78, 5) is 12.7. The third-order valence-corrected chi connectivity index (χ3v) is 4.85. The van der Waals surface area contributed by atoms with Crippen LogP contribution in [-0.2, 0) is 13.0 Å². The number of rotatable bonds is 6. The number of carbonyl (C=O) groups excluding carboxylic acids is 1. The Morgan fingerprint density at radius 3 is 2.96 bits per heavy atom. The Balaban J connectivity index is 1.37. The molecular weight excluding hydrogens is 328 g/mol. The van der Waals surface area contributed by atoms with E-state index in [1.165, 1.54) is 12.8 Å². The lowest BCUT2D eigenvalue weighted by molar-refractivity contribution is 0.0989. The van der Waals surface area contributed by atoms with E-state index in [1.54, 1.807) is 12.4 Å². The van der Waals surface area contributed by atoms with E-state index in [0.717, 1.165) is 40.1 Å². The van der Waals surface area contributed by atoms with Crippen molar-refractivity contribution < 1.29 is 4.79 Å². The van der Waals surface area contributed by atoms with Crippen molar-refractivity contribution in [3.8, 4) is 11.1 Å². The maximum atomic E-state index is 12.7. The molecule has 7 heteroatoms. The van der Waals surface area contributed by atoms with Gasteiger partial charge in [0, 0.05) is 36.3 Å². The standard InChI is InChI=1S/C19H18N6O/c26-18(5-13-7-22-25(11-13)10-12-1-2-12)19-16-4-3-14(6-17(16)23-24-19)15-8-20-21-9-15/h3-4,6-9,11-12H,1-2,5,10H2,(H,20,21)(H,23,24). The maximum absolute atomic E-state index is 12.7. The number of aromatic amines is 2. The van der Waals surface area contributed by atoms with Crippen LogP contribution in [0.2, 0.25) is 0 Å². The monoisotopic (exact) mass is 346 g/mol. The predicted molar refractivity (Wildman–Crippen MR) is 96.7 cm³/mol. The molecule has 0 atom stereocenters. The SMILES string of the molecule is O=C(Cc1cnn(CC2CC2)c1)c1n[nH]c2cc(-c3cn[nH]c3)ccc12. The first-order valence-corrected chi connectivity index (χ1v) is 8.78. The first kappa shape index (κ1) is 15.1. The van der Waals surface area contributed by atoms with Crippen molar-refractivity contribution in [1.82, 2.24) is 30.2 Å². The van der Waals surface area contributed by atoms with Crippen LogP contribution in [0, 0.1) is 5.92 Å². The average Bonchev–Trinajstić information content (AvgIpc) is 3.08. The number of carbonyl (C=O) groups is 1. The zero-order chi connectivity index (χ0) is 17.5. The van der Waals surface area contributed by atoms with Crippen LogP contribution in [0.1, 0.15) is 28.9 Å². The minimum atomic E-state index is -0.00159. The minimum absolute atomic E-state index is 0.00159. The molecule has 0 amide bonds. The summed E-state index contributed by atoms with van der Waals surface area (Å²) in [7, 11) is 0. The summed E-state index contributed by atoms with van der Waals surface area (Å²) in [6, 6.07) is 5.90. The highest BCUT2D eigenvalue weighted by molar-refractivity contribution is 6.07. The van der Waals surface area contributed by atoms with Gasteiger partial charge in [-0.15, -0.1) is 0 Å². The highest BCUT2D eigenvalue weighted by Gasteiger charge is 2.22. The van der Waals surface area contributed by atoms with Gasteiger partial charge in [-0.3, -0.25) is 19.7 Å². The van der Waals surface area contributed by atoms with Gasteiger partial charge in [0.15, 0.2) is 5.78 Å². The fourth-order valence-corrected chi connectivity index (χ4v) is 3.25. The number of fused-ring (bicyclic) bond motifs is 1. The molecule has 26 heavy (non-hydrogen) atoms. The van der Waals surface area contributed by atoms with Gasteiger partial charge in [-0.1, -0.05) is 6.07 Å². The van der Waals surface area contributed by atoms with E-state index in [1.807, 2.05) is 35.3 Å².